The van der Waals surface area contributed by atoms with Crippen molar-refractivity contribution in [1.29, 1.82) is 0 Å². The highest BCUT2D eigenvalue weighted by Gasteiger charge is 2.20. The standard InChI is InChI=1S/C15H23NO3/c1-18-14-5-6-15(17)13(9-14)10-16-7-2-8-19-11-12-3-4-12/h5-6,9,12,16-17H,2-4,7-8,10-11H2,1H3. The number of methoxy groups -OCH3 is 1. The summed E-state index contributed by atoms with van der Waals surface area (Å²) >= 11 is 0. The van der Waals surface area contributed by atoms with Crippen LogP contribution in [0.5, 0.6) is 11.5 Å². The number of hydrogen-bond donors (Lipinski definition) is 2. The Labute approximate surface area is 114 Å². The second kappa shape index (κ2) is 7.36. The highest BCUT2D eigenvalue weighted by molar-refractivity contribution is 5.39. The molecule has 1 aliphatic carbocycles. The first-order valence-corrected chi connectivity index (χ1v) is 6.94. The molecule has 2 N–H and O–H groups in total. The van der Waals surface area contributed by atoms with Crippen molar-refractivity contribution in [2.45, 2.75) is 25.8 Å². The summed E-state index contributed by atoms with van der Waals surface area (Å²) in [5.74, 6) is 1.90. The van der Waals surface area contributed by atoms with Crippen molar-refractivity contribution in [3.63, 3.8) is 0 Å². The third-order valence-corrected chi connectivity index (χ3v) is 3.29. The van der Waals surface area contributed by atoms with E-state index in [1.807, 2.05) is 6.07 Å². The summed E-state index contributed by atoms with van der Waals surface area (Å²) in [6.07, 6.45) is 3.68. The maximum absolute atomic E-state index is 9.72. The zero-order valence-electron chi connectivity index (χ0n) is 11.5. The Bertz CT molecular complexity index is 391. The molecule has 19 heavy (non-hydrogen) atoms. The summed E-state index contributed by atoms with van der Waals surface area (Å²) in [7, 11) is 1.63. The Morgan fingerprint density at radius 2 is 2.21 bits per heavy atom. The van der Waals surface area contributed by atoms with Crippen LogP contribution >= 0.6 is 0 Å². The number of nitrogens with one attached hydrogen (secondary N) is 1. The molecule has 2 rings (SSSR count). The summed E-state index contributed by atoms with van der Waals surface area (Å²) in [6.45, 7) is 3.28. The third kappa shape index (κ3) is 5.09. The summed E-state index contributed by atoms with van der Waals surface area (Å²) in [5.41, 5.74) is 0.859. The average Bonchev–Trinajstić information content (AvgIpc) is 3.23. The van der Waals surface area contributed by atoms with Gasteiger partial charge in [-0.1, -0.05) is 0 Å². The van der Waals surface area contributed by atoms with Crippen molar-refractivity contribution in [2.24, 2.45) is 5.92 Å². The number of hydrogen-bond acceptors (Lipinski definition) is 4. The first-order chi connectivity index (χ1) is 9.29. The van der Waals surface area contributed by atoms with E-state index in [-0.39, 0.29) is 0 Å². The molecule has 0 unspecified atom stereocenters. The number of rotatable bonds is 9. The molecule has 106 valence electrons. The molecule has 0 heterocycles. The first kappa shape index (κ1) is 14.2. The molecule has 0 radical (unpaired) electrons. The molecule has 0 atom stereocenters. The molecule has 0 saturated heterocycles. The van der Waals surface area contributed by atoms with Crippen LogP contribution in [0.4, 0.5) is 0 Å². The van der Waals surface area contributed by atoms with E-state index in [0.717, 1.165) is 43.4 Å². The van der Waals surface area contributed by atoms with Crippen LogP contribution in [0.2, 0.25) is 0 Å². The van der Waals surface area contributed by atoms with Gasteiger partial charge in [-0.25, -0.2) is 0 Å². The van der Waals surface area contributed by atoms with Gasteiger partial charge in [-0.2, -0.15) is 0 Å². The van der Waals surface area contributed by atoms with E-state index < -0.39 is 0 Å². The Morgan fingerprint density at radius 1 is 1.37 bits per heavy atom. The van der Waals surface area contributed by atoms with Crippen molar-refractivity contribution in [1.82, 2.24) is 5.32 Å². The molecular weight excluding hydrogens is 242 g/mol. The third-order valence-electron chi connectivity index (χ3n) is 3.29. The smallest absolute Gasteiger partial charge is 0.120 e. The fourth-order valence-electron chi connectivity index (χ4n) is 1.89. The van der Waals surface area contributed by atoms with Crippen molar-refractivity contribution in [2.75, 3.05) is 26.9 Å². The minimum absolute atomic E-state index is 0.304. The molecule has 0 bridgehead atoms. The van der Waals surface area contributed by atoms with Crippen molar-refractivity contribution in [3.05, 3.63) is 23.8 Å². The summed E-state index contributed by atoms with van der Waals surface area (Å²) in [6, 6.07) is 5.27. The van der Waals surface area contributed by atoms with E-state index in [9.17, 15) is 5.11 Å². The molecule has 0 aromatic heterocycles. The molecule has 1 fully saturated rings. The van der Waals surface area contributed by atoms with Gasteiger partial charge in [0.2, 0.25) is 0 Å². The van der Waals surface area contributed by atoms with Gasteiger partial charge in [-0.05, 0) is 49.9 Å². The normalized spacial score (nSPS) is 14.6. The lowest BCUT2D eigenvalue weighted by molar-refractivity contribution is 0.122. The largest absolute Gasteiger partial charge is 0.508 e. The number of benzene rings is 1. The Morgan fingerprint density at radius 3 is 2.95 bits per heavy atom. The van der Waals surface area contributed by atoms with Gasteiger partial charge in [0, 0.05) is 25.3 Å². The molecule has 1 aliphatic rings. The maximum atomic E-state index is 9.72. The summed E-state index contributed by atoms with van der Waals surface area (Å²) in [4.78, 5) is 0. The van der Waals surface area contributed by atoms with Crippen molar-refractivity contribution >= 4 is 0 Å². The molecular formula is C15H23NO3. The molecule has 0 spiro atoms. The van der Waals surface area contributed by atoms with Crippen LogP contribution in [0.25, 0.3) is 0 Å². The SMILES string of the molecule is COc1ccc(O)c(CNCCCOCC2CC2)c1. The van der Waals surface area contributed by atoms with Gasteiger partial charge in [0.1, 0.15) is 11.5 Å². The lowest BCUT2D eigenvalue weighted by Gasteiger charge is -2.09. The van der Waals surface area contributed by atoms with Gasteiger partial charge >= 0.3 is 0 Å². The van der Waals surface area contributed by atoms with Gasteiger partial charge in [-0.15, -0.1) is 0 Å². The highest BCUT2D eigenvalue weighted by atomic mass is 16.5. The lowest BCUT2D eigenvalue weighted by Crippen LogP contribution is -2.16. The fourth-order valence-corrected chi connectivity index (χ4v) is 1.89. The van der Waals surface area contributed by atoms with Crippen LogP contribution < -0.4 is 10.1 Å². The van der Waals surface area contributed by atoms with Crippen molar-refractivity contribution in [3.8, 4) is 11.5 Å². The van der Waals surface area contributed by atoms with Gasteiger partial charge in [-0.3, -0.25) is 0 Å². The number of phenolic OH excluding ortho intramolecular Hbond substituents is 1. The van der Waals surface area contributed by atoms with Crippen molar-refractivity contribution < 1.29 is 14.6 Å². The van der Waals surface area contributed by atoms with E-state index in [1.54, 1.807) is 19.2 Å². The van der Waals surface area contributed by atoms with Crippen LogP contribution in [0, 0.1) is 5.92 Å². The van der Waals surface area contributed by atoms with Gasteiger partial charge in [0.25, 0.3) is 0 Å². The second-order valence-corrected chi connectivity index (χ2v) is 5.04. The molecule has 0 aliphatic heterocycles. The summed E-state index contributed by atoms with van der Waals surface area (Å²) < 4.78 is 10.7. The molecule has 1 aromatic rings. The molecule has 1 aromatic carbocycles. The van der Waals surface area contributed by atoms with Crippen LogP contribution in [0.1, 0.15) is 24.8 Å². The predicted octanol–water partition coefficient (Wildman–Crippen LogP) is 2.31. The predicted molar refractivity (Wildman–Crippen MR) is 74.5 cm³/mol. The van der Waals surface area contributed by atoms with E-state index in [1.165, 1.54) is 12.8 Å². The van der Waals surface area contributed by atoms with Crippen LogP contribution in [-0.2, 0) is 11.3 Å². The number of aromatic hydroxyl groups is 1. The zero-order valence-corrected chi connectivity index (χ0v) is 11.5. The lowest BCUT2D eigenvalue weighted by atomic mass is 10.2. The van der Waals surface area contributed by atoms with Gasteiger partial charge in [0.15, 0.2) is 0 Å². The average molecular weight is 265 g/mol. The second-order valence-electron chi connectivity index (χ2n) is 5.04. The Hall–Kier alpha value is -1.26. The topological polar surface area (TPSA) is 50.7 Å². The molecule has 4 heteroatoms. The van der Waals surface area contributed by atoms with E-state index in [4.69, 9.17) is 9.47 Å². The highest BCUT2D eigenvalue weighted by Crippen LogP contribution is 2.28. The Kier molecular flexibility index (Phi) is 5.48. The van der Waals surface area contributed by atoms with E-state index in [0.29, 0.717) is 12.3 Å². The monoisotopic (exact) mass is 265 g/mol. The maximum Gasteiger partial charge on any atom is 0.120 e. The Balaban J connectivity index is 1.58. The minimum atomic E-state index is 0.304. The number of ether oxygens (including phenoxy) is 2. The van der Waals surface area contributed by atoms with E-state index >= 15 is 0 Å². The van der Waals surface area contributed by atoms with Crippen LogP contribution in [0.15, 0.2) is 18.2 Å². The van der Waals surface area contributed by atoms with Gasteiger partial charge in [0.05, 0.1) is 7.11 Å². The van der Waals surface area contributed by atoms with Crippen LogP contribution in [-0.4, -0.2) is 32.0 Å². The number of phenols is 1. The molecule has 1 saturated carbocycles. The zero-order chi connectivity index (χ0) is 13.5. The quantitative estimate of drug-likeness (QED) is 0.673. The van der Waals surface area contributed by atoms with Gasteiger partial charge < -0.3 is 19.9 Å². The molecule has 4 nitrogen and oxygen atoms in total. The van der Waals surface area contributed by atoms with E-state index in [2.05, 4.69) is 5.32 Å². The van der Waals surface area contributed by atoms with Crippen LogP contribution in [0.3, 0.4) is 0 Å². The first-order valence-electron chi connectivity index (χ1n) is 6.94. The molecule has 0 amide bonds. The fraction of sp³-hybridized carbons (Fsp3) is 0.600. The summed E-state index contributed by atoms with van der Waals surface area (Å²) in [5, 5.41) is 13.0. The minimum Gasteiger partial charge on any atom is -0.508 e.